The summed E-state index contributed by atoms with van der Waals surface area (Å²) >= 11 is 0. The first-order chi connectivity index (χ1) is 9.44. The van der Waals surface area contributed by atoms with Crippen LogP contribution in [0.5, 0.6) is 0 Å². The zero-order valence-corrected chi connectivity index (χ0v) is 13.2. The number of amides is 1. The lowest BCUT2D eigenvalue weighted by molar-refractivity contribution is -0.130. The number of nitriles is 1. The monoisotopic (exact) mass is 272 g/mol. The van der Waals surface area contributed by atoms with Crippen LogP contribution < -0.4 is 0 Å². The molecule has 0 aliphatic rings. The third kappa shape index (κ3) is 3.60. The van der Waals surface area contributed by atoms with Crippen LogP contribution in [0.15, 0.2) is 12.1 Å². The van der Waals surface area contributed by atoms with Crippen LogP contribution in [0.25, 0.3) is 0 Å². The third-order valence-corrected chi connectivity index (χ3v) is 3.74. The Hall–Kier alpha value is -1.82. The first-order valence-corrected chi connectivity index (χ1v) is 7.19. The Morgan fingerprint density at radius 1 is 1.20 bits per heavy atom. The number of hydrogen-bond acceptors (Lipinski definition) is 2. The van der Waals surface area contributed by atoms with Gasteiger partial charge < -0.3 is 4.90 Å². The van der Waals surface area contributed by atoms with Crippen molar-refractivity contribution in [2.45, 2.75) is 47.0 Å². The zero-order chi connectivity index (χ0) is 15.3. The molecule has 1 aromatic carbocycles. The zero-order valence-electron chi connectivity index (χ0n) is 13.2. The summed E-state index contributed by atoms with van der Waals surface area (Å²) in [6, 6.07) is 6.46. The van der Waals surface area contributed by atoms with Gasteiger partial charge in [-0.1, -0.05) is 17.7 Å². The molecular formula is C17H24N2O. The topological polar surface area (TPSA) is 44.1 Å². The van der Waals surface area contributed by atoms with Gasteiger partial charge in [-0.15, -0.1) is 0 Å². The second kappa shape index (κ2) is 7.09. The minimum Gasteiger partial charge on any atom is -0.343 e. The molecule has 108 valence electrons. The molecule has 1 unspecified atom stereocenters. The Morgan fingerprint density at radius 3 is 2.10 bits per heavy atom. The average Bonchev–Trinajstić information content (AvgIpc) is 2.37. The Bertz CT molecular complexity index is 501. The largest absolute Gasteiger partial charge is 0.343 e. The molecule has 1 atom stereocenters. The highest BCUT2D eigenvalue weighted by molar-refractivity contribution is 5.77. The van der Waals surface area contributed by atoms with Crippen LogP contribution in [-0.2, 0) is 4.79 Å². The maximum atomic E-state index is 12.2. The summed E-state index contributed by atoms with van der Waals surface area (Å²) < 4.78 is 0. The molecule has 0 bridgehead atoms. The molecule has 1 amide bonds. The van der Waals surface area contributed by atoms with Gasteiger partial charge in [-0.05, 0) is 51.3 Å². The number of benzene rings is 1. The lowest BCUT2D eigenvalue weighted by Crippen LogP contribution is -2.31. The molecule has 20 heavy (non-hydrogen) atoms. The van der Waals surface area contributed by atoms with Crippen molar-refractivity contribution in [2.75, 3.05) is 13.1 Å². The molecule has 0 fully saturated rings. The first kappa shape index (κ1) is 16.2. The van der Waals surface area contributed by atoms with Gasteiger partial charge in [-0.3, -0.25) is 4.79 Å². The standard InChI is InChI=1S/C17H24N2O/c1-6-19(7-2)16(20)10-15(11-18)17-13(4)8-12(3)9-14(17)5/h8-9,15H,6-7,10H2,1-5H3. The lowest BCUT2D eigenvalue weighted by atomic mass is 9.88. The van der Waals surface area contributed by atoms with E-state index < -0.39 is 0 Å². The van der Waals surface area contributed by atoms with Gasteiger partial charge in [-0.25, -0.2) is 0 Å². The van der Waals surface area contributed by atoms with Gasteiger partial charge in [0.15, 0.2) is 0 Å². The highest BCUT2D eigenvalue weighted by atomic mass is 16.2. The van der Waals surface area contributed by atoms with Gasteiger partial charge in [0.25, 0.3) is 0 Å². The molecular weight excluding hydrogens is 248 g/mol. The van der Waals surface area contributed by atoms with Crippen LogP contribution in [-0.4, -0.2) is 23.9 Å². The maximum Gasteiger partial charge on any atom is 0.224 e. The molecule has 0 spiro atoms. The SMILES string of the molecule is CCN(CC)C(=O)CC(C#N)c1c(C)cc(C)cc1C. The van der Waals surface area contributed by atoms with Crippen LogP contribution in [0.2, 0.25) is 0 Å². The summed E-state index contributed by atoms with van der Waals surface area (Å²) in [5.74, 6) is -0.301. The fourth-order valence-electron chi connectivity index (χ4n) is 2.83. The second-order valence-electron chi connectivity index (χ2n) is 5.26. The molecule has 1 aromatic rings. The molecule has 0 aliphatic carbocycles. The number of carbonyl (C=O) groups is 1. The molecule has 0 aromatic heterocycles. The van der Waals surface area contributed by atoms with E-state index in [4.69, 9.17) is 0 Å². The molecule has 0 aliphatic heterocycles. The number of carbonyl (C=O) groups excluding carboxylic acids is 1. The van der Waals surface area contributed by atoms with Crippen molar-refractivity contribution in [3.63, 3.8) is 0 Å². The second-order valence-corrected chi connectivity index (χ2v) is 5.26. The normalized spacial score (nSPS) is 11.8. The van der Waals surface area contributed by atoms with E-state index in [1.165, 1.54) is 5.56 Å². The van der Waals surface area contributed by atoms with Gasteiger partial charge in [0.05, 0.1) is 12.0 Å². The fourth-order valence-corrected chi connectivity index (χ4v) is 2.83. The highest BCUT2D eigenvalue weighted by Gasteiger charge is 2.21. The van der Waals surface area contributed by atoms with Gasteiger partial charge >= 0.3 is 0 Å². The molecule has 0 saturated heterocycles. The Kier molecular flexibility index (Phi) is 5.76. The molecule has 0 N–H and O–H groups in total. The van der Waals surface area contributed by atoms with Gasteiger partial charge in [-0.2, -0.15) is 5.26 Å². The van der Waals surface area contributed by atoms with Crippen molar-refractivity contribution >= 4 is 5.91 Å². The predicted molar refractivity (Wildman–Crippen MR) is 81.6 cm³/mol. The summed E-state index contributed by atoms with van der Waals surface area (Å²) in [6.07, 6.45) is 0.267. The van der Waals surface area contributed by atoms with E-state index in [0.717, 1.165) is 16.7 Å². The summed E-state index contributed by atoms with van der Waals surface area (Å²) in [5.41, 5.74) is 4.40. The lowest BCUT2D eigenvalue weighted by Gasteiger charge is -2.22. The summed E-state index contributed by atoms with van der Waals surface area (Å²) in [4.78, 5) is 14.0. The Morgan fingerprint density at radius 2 is 1.70 bits per heavy atom. The van der Waals surface area contributed by atoms with Crippen molar-refractivity contribution in [3.05, 3.63) is 34.4 Å². The van der Waals surface area contributed by atoms with E-state index in [-0.39, 0.29) is 18.2 Å². The molecule has 1 rings (SSSR count). The van der Waals surface area contributed by atoms with Crippen molar-refractivity contribution in [1.82, 2.24) is 4.90 Å². The molecule has 3 heteroatoms. The molecule has 0 heterocycles. The average molecular weight is 272 g/mol. The molecule has 0 saturated carbocycles. The Balaban J connectivity index is 3.04. The van der Waals surface area contributed by atoms with Crippen LogP contribution in [0.1, 0.15) is 48.4 Å². The first-order valence-electron chi connectivity index (χ1n) is 7.19. The van der Waals surface area contributed by atoms with Crippen molar-refractivity contribution in [2.24, 2.45) is 0 Å². The number of hydrogen-bond donors (Lipinski definition) is 0. The molecule has 3 nitrogen and oxygen atoms in total. The fraction of sp³-hybridized carbons (Fsp3) is 0.529. The van der Waals surface area contributed by atoms with Crippen molar-refractivity contribution in [3.8, 4) is 6.07 Å². The van der Waals surface area contributed by atoms with Crippen LogP contribution in [0, 0.1) is 32.1 Å². The van der Waals surface area contributed by atoms with Gasteiger partial charge in [0, 0.05) is 19.5 Å². The smallest absolute Gasteiger partial charge is 0.224 e. The van der Waals surface area contributed by atoms with E-state index in [2.05, 4.69) is 18.2 Å². The minimum atomic E-state index is -0.358. The van der Waals surface area contributed by atoms with E-state index >= 15 is 0 Å². The van der Waals surface area contributed by atoms with Crippen molar-refractivity contribution in [1.29, 1.82) is 5.26 Å². The highest BCUT2D eigenvalue weighted by Crippen LogP contribution is 2.27. The van der Waals surface area contributed by atoms with Crippen LogP contribution in [0.3, 0.4) is 0 Å². The van der Waals surface area contributed by atoms with E-state index in [0.29, 0.717) is 13.1 Å². The summed E-state index contributed by atoms with van der Waals surface area (Å²) in [7, 11) is 0. The van der Waals surface area contributed by atoms with Crippen molar-refractivity contribution < 1.29 is 4.79 Å². The van der Waals surface area contributed by atoms with E-state index in [1.807, 2.05) is 34.6 Å². The van der Waals surface area contributed by atoms with Crippen LogP contribution in [0.4, 0.5) is 0 Å². The quantitative estimate of drug-likeness (QED) is 0.823. The van der Waals surface area contributed by atoms with Crippen LogP contribution >= 0.6 is 0 Å². The minimum absolute atomic E-state index is 0.0564. The number of aryl methyl sites for hydroxylation is 3. The van der Waals surface area contributed by atoms with E-state index in [9.17, 15) is 10.1 Å². The van der Waals surface area contributed by atoms with Gasteiger partial charge in [0.1, 0.15) is 0 Å². The summed E-state index contributed by atoms with van der Waals surface area (Å²) in [6.45, 7) is 11.4. The maximum absolute atomic E-state index is 12.2. The Labute approximate surface area is 122 Å². The number of nitrogens with zero attached hydrogens (tertiary/aromatic N) is 2. The van der Waals surface area contributed by atoms with E-state index in [1.54, 1.807) is 4.90 Å². The molecule has 0 radical (unpaired) electrons. The predicted octanol–water partition coefficient (Wildman–Crippen LogP) is 3.48. The number of rotatable bonds is 5. The third-order valence-electron chi connectivity index (χ3n) is 3.74. The van der Waals surface area contributed by atoms with Gasteiger partial charge in [0.2, 0.25) is 5.91 Å². The summed E-state index contributed by atoms with van der Waals surface area (Å²) in [5, 5.41) is 9.45.